The number of halogens is 1. The van der Waals surface area contributed by atoms with Crippen molar-refractivity contribution in [3.05, 3.63) is 52.7 Å². The fraction of sp³-hybridized carbons (Fsp3) is 0.444. The predicted octanol–water partition coefficient (Wildman–Crippen LogP) is 3.73. The number of amides is 1. The molecule has 0 N–H and O–H groups in total. The first-order valence-corrected chi connectivity index (χ1v) is 7.95. The molecule has 1 fully saturated rings. The van der Waals surface area contributed by atoms with Crippen molar-refractivity contribution in [2.75, 3.05) is 0 Å². The Morgan fingerprint density at radius 1 is 1.39 bits per heavy atom. The lowest BCUT2D eigenvalue weighted by atomic mass is 9.97. The smallest absolute Gasteiger partial charge is 0.230 e. The third-order valence-corrected chi connectivity index (χ3v) is 4.46. The van der Waals surface area contributed by atoms with E-state index in [1.807, 2.05) is 20.8 Å². The zero-order valence-electron chi connectivity index (χ0n) is 13.7. The van der Waals surface area contributed by atoms with Crippen molar-refractivity contribution in [2.24, 2.45) is 0 Å². The van der Waals surface area contributed by atoms with E-state index in [1.165, 1.54) is 6.07 Å². The average Bonchev–Trinajstić information content (AvgIpc) is 3.31. The van der Waals surface area contributed by atoms with Crippen molar-refractivity contribution < 1.29 is 13.7 Å². The topological polar surface area (TPSA) is 46.3 Å². The molecular weight excluding hydrogens is 295 g/mol. The van der Waals surface area contributed by atoms with Crippen LogP contribution in [-0.4, -0.2) is 22.0 Å². The van der Waals surface area contributed by atoms with Crippen LogP contribution in [0.2, 0.25) is 0 Å². The van der Waals surface area contributed by atoms with Gasteiger partial charge >= 0.3 is 0 Å². The molecule has 0 spiro atoms. The van der Waals surface area contributed by atoms with Crippen LogP contribution in [-0.2, 0) is 11.3 Å². The van der Waals surface area contributed by atoms with Gasteiger partial charge in [0.1, 0.15) is 11.6 Å². The molecule has 1 unspecified atom stereocenters. The number of aromatic nitrogens is 1. The normalized spacial score (nSPS) is 15.5. The summed E-state index contributed by atoms with van der Waals surface area (Å²) in [5.41, 5.74) is 2.14. The van der Waals surface area contributed by atoms with E-state index < -0.39 is 0 Å². The lowest BCUT2D eigenvalue weighted by Gasteiger charge is -2.26. The SMILES string of the molecule is Cc1noc(C)c1C(C)C(=O)N(Cc1ccccc1F)C1CC1. The highest BCUT2D eigenvalue weighted by atomic mass is 19.1. The molecular formula is C18H21FN2O2. The highest BCUT2D eigenvalue weighted by molar-refractivity contribution is 5.84. The number of hydrogen-bond acceptors (Lipinski definition) is 3. The number of rotatable bonds is 5. The van der Waals surface area contributed by atoms with Crippen molar-refractivity contribution in [1.82, 2.24) is 10.1 Å². The molecule has 1 aromatic carbocycles. The van der Waals surface area contributed by atoms with Gasteiger partial charge in [-0.3, -0.25) is 4.79 Å². The molecule has 1 atom stereocenters. The summed E-state index contributed by atoms with van der Waals surface area (Å²) in [7, 11) is 0. The summed E-state index contributed by atoms with van der Waals surface area (Å²) >= 11 is 0. The van der Waals surface area contributed by atoms with Crippen LogP contribution in [0.1, 0.15) is 48.3 Å². The maximum absolute atomic E-state index is 13.9. The van der Waals surface area contributed by atoms with E-state index >= 15 is 0 Å². The second-order valence-corrected chi connectivity index (χ2v) is 6.25. The van der Waals surface area contributed by atoms with Crippen molar-refractivity contribution in [3.8, 4) is 0 Å². The second kappa shape index (κ2) is 6.14. The number of nitrogens with zero attached hydrogens (tertiary/aromatic N) is 2. The summed E-state index contributed by atoms with van der Waals surface area (Å²) in [6, 6.07) is 6.84. The van der Waals surface area contributed by atoms with Gasteiger partial charge in [0.25, 0.3) is 0 Å². The van der Waals surface area contributed by atoms with Crippen molar-refractivity contribution in [2.45, 2.75) is 52.1 Å². The van der Waals surface area contributed by atoms with Gasteiger partial charge in [0, 0.05) is 23.7 Å². The molecule has 5 heteroatoms. The molecule has 1 heterocycles. The number of benzene rings is 1. The lowest BCUT2D eigenvalue weighted by molar-refractivity contribution is -0.133. The van der Waals surface area contributed by atoms with Crippen LogP contribution in [0, 0.1) is 19.7 Å². The molecule has 0 saturated heterocycles. The van der Waals surface area contributed by atoms with Crippen LogP contribution in [0.3, 0.4) is 0 Å². The van der Waals surface area contributed by atoms with Gasteiger partial charge in [0.15, 0.2) is 0 Å². The summed E-state index contributed by atoms with van der Waals surface area (Å²) in [5, 5.41) is 3.93. The Morgan fingerprint density at radius 2 is 2.09 bits per heavy atom. The van der Waals surface area contributed by atoms with Gasteiger partial charge in [0.05, 0.1) is 11.6 Å². The first-order chi connectivity index (χ1) is 11.0. The van der Waals surface area contributed by atoms with Crippen LogP contribution >= 0.6 is 0 Å². The summed E-state index contributed by atoms with van der Waals surface area (Å²) in [6.07, 6.45) is 1.96. The maximum Gasteiger partial charge on any atom is 0.230 e. The molecule has 1 saturated carbocycles. The standard InChI is InChI=1S/C18H21FN2O2/c1-11(17-12(2)20-23-13(17)3)18(22)21(15-8-9-15)10-14-6-4-5-7-16(14)19/h4-7,11,15H,8-10H2,1-3H3. The van der Waals surface area contributed by atoms with Gasteiger partial charge in [-0.05, 0) is 39.7 Å². The molecule has 4 nitrogen and oxygen atoms in total. The average molecular weight is 316 g/mol. The van der Waals surface area contributed by atoms with E-state index in [4.69, 9.17) is 4.52 Å². The summed E-state index contributed by atoms with van der Waals surface area (Å²) in [5.74, 6) is 0.0692. The van der Waals surface area contributed by atoms with Gasteiger partial charge < -0.3 is 9.42 Å². The van der Waals surface area contributed by atoms with Gasteiger partial charge in [-0.1, -0.05) is 23.4 Å². The highest BCUT2D eigenvalue weighted by Crippen LogP contribution is 2.33. The number of hydrogen-bond donors (Lipinski definition) is 0. The Balaban J connectivity index is 1.84. The Labute approximate surface area is 135 Å². The summed E-state index contributed by atoms with van der Waals surface area (Å²) < 4.78 is 19.1. The molecule has 0 bridgehead atoms. The number of carbonyl (C=O) groups is 1. The van der Waals surface area contributed by atoms with Crippen molar-refractivity contribution in [3.63, 3.8) is 0 Å². The van der Waals surface area contributed by atoms with E-state index in [1.54, 1.807) is 23.1 Å². The van der Waals surface area contributed by atoms with E-state index in [0.717, 1.165) is 24.1 Å². The Morgan fingerprint density at radius 3 is 2.65 bits per heavy atom. The summed E-state index contributed by atoms with van der Waals surface area (Å²) in [6.45, 7) is 5.83. The first kappa shape index (κ1) is 15.7. The minimum absolute atomic E-state index is 0.00477. The van der Waals surface area contributed by atoms with Crippen LogP contribution in [0.5, 0.6) is 0 Å². The first-order valence-electron chi connectivity index (χ1n) is 7.95. The largest absolute Gasteiger partial charge is 0.361 e. The molecule has 1 amide bonds. The fourth-order valence-electron chi connectivity index (χ4n) is 3.06. The van der Waals surface area contributed by atoms with Gasteiger partial charge in [-0.2, -0.15) is 0 Å². The van der Waals surface area contributed by atoms with Gasteiger partial charge in [-0.25, -0.2) is 4.39 Å². The van der Waals surface area contributed by atoms with Gasteiger partial charge in [0.2, 0.25) is 5.91 Å². The monoisotopic (exact) mass is 316 g/mol. The molecule has 2 aromatic rings. The zero-order valence-corrected chi connectivity index (χ0v) is 13.7. The minimum atomic E-state index is -0.339. The molecule has 1 aliphatic carbocycles. The predicted molar refractivity (Wildman–Crippen MR) is 84.4 cm³/mol. The zero-order chi connectivity index (χ0) is 16.6. The van der Waals surface area contributed by atoms with Crippen LogP contribution in [0.25, 0.3) is 0 Å². The fourth-order valence-corrected chi connectivity index (χ4v) is 3.06. The van der Waals surface area contributed by atoms with E-state index in [2.05, 4.69) is 5.16 Å². The van der Waals surface area contributed by atoms with Crippen LogP contribution in [0.4, 0.5) is 4.39 Å². The highest BCUT2D eigenvalue weighted by Gasteiger charge is 2.36. The van der Waals surface area contributed by atoms with Gasteiger partial charge in [-0.15, -0.1) is 0 Å². The molecule has 122 valence electrons. The van der Waals surface area contributed by atoms with E-state index in [9.17, 15) is 9.18 Å². The molecule has 0 radical (unpaired) electrons. The Kier molecular flexibility index (Phi) is 4.20. The minimum Gasteiger partial charge on any atom is -0.361 e. The number of carbonyl (C=O) groups excluding carboxylic acids is 1. The molecule has 23 heavy (non-hydrogen) atoms. The third-order valence-electron chi connectivity index (χ3n) is 4.46. The van der Waals surface area contributed by atoms with Crippen LogP contribution < -0.4 is 0 Å². The second-order valence-electron chi connectivity index (χ2n) is 6.25. The molecule has 0 aliphatic heterocycles. The Bertz CT molecular complexity index is 702. The van der Waals surface area contributed by atoms with E-state index in [0.29, 0.717) is 17.9 Å². The van der Waals surface area contributed by atoms with Crippen molar-refractivity contribution in [1.29, 1.82) is 0 Å². The van der Waals surface area contributed by atoms with Crippen molar-refractivity contribution >= 4 is 5.91 Å². The Hall–Kier alpha value is -2.17. The molecule has 1 aromatic heterocycles. The molecule has 1 aliphatic rings. The maximum atomic E-state index is 13.9. The van der Waals surface area contributed by atoms with Crippen LogP contribution in [0.15, 0.2) is 28.8 Å². The quantitative estimate of drug-likeness (QED) is 0.844. The lowest BCUT2D eigenvalue weighted by Crippen LogP contribution is -2.36. The third kappa shape index (κ3) is 3.14. The summed E-state index contributed by atoms with van der Waals surface area (Å²) in [4.78, 5) is 14.8. The van der Waals surface area contributed by atoms with E-state index in [-0.39, 0.29) is 23.7 Å². The number of aryl methyl sites for hydroxylation is 2. The molecule has 3 rings (SSSR count).